The average molecular weight is 250 g/mol. The first-order valence-corrected chi connectivity index (χ1v) is 7.36. The van der Waals surface area contributed by atoms with Gasteiger partial charge in [-0.1, -0.05) is 20.8 Å². The van der Waals surface area contributed by atoms with Gasteiger partial charge in [-0.15, -0.1) is 0 Å². The van der Waals surface area contributed by atoms with Crippen LogP contribution in [0.4, 0.5) is 0 Å². The third kappa shape index (κ3) is 1.26. The van der Waals surface area contributed by atoms with Gasteiger partial charge in [-0.25, -0.2) is 0 Å². The first kappa shape index (κ1) is 11.3. The summed E-state index contributed by atoms with van der Waals surface area (Å²) in [4.78, 5) is 11.8. The molecule has 0 bridgehead atoms. The Bertz CT molecular complexity index is 407. The molecule has 0 N–H and O–H groups in total. The summed E-state index contributed by atoms with van der Waals surface area (Å²) in [6.45, 7) is 6.77. The molecule has 100 valence electrons. The molecule has 4 aliphatic rings. The molecule has 2 heterocycles. The second-order valence-electron chi connectivity index (χ2n) is 7.29. The lowest BCUT2D eigenvalue weighted by Gasteiger charge is -2.50. The molecule has 0 aromatic rings. The summed E-state index contributed by atoms with van der Waals surface area (Å²) < 4.78 is 11.5. The Morgan fingerprint density at radius 2 is 2.00 bits per heavy atom. The predicted octanol–water partition coefficient (Wildman–Crippen LogP) is 2.39. The topological polar surface area (TPSA) is 38.8 Å². The fraction of sp³-hybridized carbons (Fsp3) is 0.933. The van der Waals surface area contributed by atoms with E-state index in [0.717, 1.165) is 18.8 Å². The molecule has 0 amide bonds. The van der Waals surface area contributed by atoms with Gasteiger partial charge < -0.3 is 9.47 Å². The number of ether oxygens (including phenoxy) is 2. The van der Waals surface area contributed by atoms with Crippen LogP contribution >= 0.6 is 0 Å². The highest BCUT2D eigenvalue weighted by molar-refractivity contribution is 5.74. The maximum Gasteiger partial charge on any atom is 0.309 e. The van der Waals surface area contributed by atoms with Crippen molar-refractivity contribution < 1.29 is 14.3 Å². The van der Waals surface area contributed by atoms with Crippen LogP contribution in [0, 0.1) is 29.1 Å². The van der Waals surface area contributed by atoms with Crippen LogP contribution in [0.15, 0.2) is 0 Å². The number of hydrogen-bond donors (Lipinski definition) is 0. The van der Waals surface area contributed by atoms with Gasteiger partial charge in [0.2, 0.25) is 0 Å². The minimum atomic E-state index is 0.0214. The number of carbonyl (C=O) groups excluding carboxylic acids is 1. The van der Waals surface area contributed by atoms with Crippen LogP contribution in [0.5, 0.6) is 0 Å². The molecule has 0 radical (unpaired) electrons. The quantitative estimate of drug-likeness (QED) is 0.489. The van der Waals surface area contributed by atoms with Gasteiger partial charge in [0.05, 0.1) is 18.1 Å². The molecule has 2 aliphatic heterocycles. The maximum atomic E-state index is 11.8. The van der Waals surface area contributed by atoms with Gasteiger partial charge in [-0.2, -0.15) is 0 Å². The first-order chi connectivity index (χ1) is 8.50. The van der Waals surface area contributed by atoms with Gasteiger partial charge >= 0.3 is 5.97 Å². The van der Waals surface area contributed by atoms with Crippen LogP contribution in [-0.2, 0) is 14.3 Å². The van der Waals surface area contributed by atoms with Crippen LogP contribution in [0.25, 0.3) is 0 Å². The molecule has 3 heteroatoms. The van der Waals surface area contributed by atoms with Crippen molar-refractivity contribution >= 4 is 5.97 Å². The highest BCUT2D eigenvalue weighted by atomic mass is 16.6. The molecule has 3 nitrogen and oxygen atoms in total. The lowest BCUT2D eigenvalue weighted by molar-refractivity contribution is -0.146. The van der Waals surface area contributed by atoms with Gasteiger partial charge in [-0.05, 0) is 31.1 Å². The SMILES string of the molecule is C[C@H]1C[C@H]2O[C@H]2[C@]2(C)C[C@H]3OC(=O)[C@H](C)[C@H]3C[C@@H]12. The highest BCUT2D eigenvalue weighted by Gasteiger charge is 2.65. The highest BCUT2D eigenvalue weighted by Crippen LogP contribution is 2.62. The zero-order chi connectivity index (χ0) is 12.7. The summed E-state index contributed by atoms with van der Waals surface area (Å²) in [5, 5.41) is 0. The van der Waals surface area contributed by atoms with Crippen LogP contribution in [-0.4, -0.2) is 24.3 Å². The van der Waals surface area contributed by atoms with E-state index in [1.807, 2.05) is 6.92 Å². The lowest BCUT2D eigenvalue weighted by Crippen LogP contribution is -2.50. The van der Waals surface area contributed by atoms with Crippen molar-refractivity contribution in [2.75, 3.05) is 0 Å². The van der Waals surface area contributed by atoms with E-state index in [1.165, 1.54) is 6.42 Å². The van der Waals surface area contributed by atoms with E-state index in [9.17, 15) is 4.79 Å². The van der Waals surface area contributed by atoms with E-state index in [-0.39, 0.29) is 23.4 Å². The normalized spacial score (nSPS) is 61.5. The van der Waals surface area contributed by atoms with E-state index >= 15 is 0 Å². The molecule has 8 atom stereocenters. The van der Waals surface area contributed by atoms with Crippen LogP contribution in [0.2, 0.25) is 0 Å². The van der Waals surface area contributed by atoms with Crippen LogP contribution in [0.3, 0.4) is 0 Å². The predicted molar refractivity (Wildman–Crippen MR) is 65.8 cm³/mol. The Labute approximate surface area is 108 Å². The number of esters is 1. The molecular formula is C15H22O3. The zero-order valence-corrected chi connectivity index (χ0v) is 11.4. The van der Waals surface area contributed by atoms with Crippen molar-refractivity contribution in [1.82, 2.24) is 0 Å². The minimum absolute atomic E-state index is 0.0214. The summed E-state index contributed by atoms with van der Waals surface area (Å²) >= 11 is 0. The Morgan fingerprint density at radius 3 is 2.78 bits per heavy atom. The van der Waals surface area contributed by atoms with Crippen molar-refractivity contribution in [3.63, 3.8) is 0 Å². The third-order valence-corrected chi connectivity index (χ3v) is 6.30. The molecule has 0 aromatic heterocycles. The monoisotopic (exact) mass is 250 g/mol. The number of carbonyl (C=O) groups is 1. The Hall–Kier alpha value is -0.570. The first-order valence-electron chi connectivity index (χ1n) is 7.36. The fourth-order valence-electron chi connectivity index (χ4n) is 5.18. The van der Waals surface area contributed by atoms with E-state index in [4.69, 9.17) is 9.47 Å². The number of epoxide rings is 1. The molecule has 4 fully saturated rings. The van der Waals surface area contributed by atoms with Crippen molar-refractivity contribution in [1.29, 1.82) is 0 Å². The van der Waals surface area contributed by atoms with Gasteiger partial charge in [0.1, 0.15) is 6.10 Å². The van der Waals surface area contributed by atoms with E-state index in [1.54, 1.807) is 0 Å². The number of rotatable bonds is 0. The van der Waals surface area contributed by atoms with Crippen LogP contribution in [0.1, 0.15) is 40.0 Å². The van der Waals surface area contributed by atoms with Gasteiger partial charge in [0.25, 0.3) is 0 Å². The maximum absolute atomic E-state index is 11.8. The molecule has 4 rings (SSSR count). The lowest BCUT2D eigenvalue weighted by atomic mass is 9.53. The van der Waals surface area contributed by atoms with E-state index in [2.05, 4.69) is 13.8 Å². The molecule has 0 unspecified atom stereocenters. The van der Waals surface area contributed by atoms with Crippen molar-refractivity contribution in [3.05, 3.63) is 0 Å². The molecule has 18 heavy (non-hydrogen) atoms. The second-order valence-corrected chi connectivity index (χ2v) is 7.29. The fourth-order valence-corrected chi connectivity index (χ4v) is 5.18. The molecule has 2 aliphatic carbocycles. The smallest absolute Gasteiger partial charge is 0.309 e. The molecule has 2 saturated heterocycles. The minimum Gasteiger partial charge on any atom is -0.462 e. The van der Waals surface area contributed by atoms with E-state index in [0.29, 0.717) is 24.0 Å². The van der Waals surface area contributed by atoms with Gasteiger partial charge in [0.15, 0.2) is 0 Å². The Morgan fingerprint density at radius 1 is 1.22 bits per heavy atom. The Kier molecular flexibility index (Phi) is 2.07. The zero-order valence-electron chi connectivity index (χ0n) is 11.4. The molecular weight excluding hydrogens is 228 g/mol. The summed E-state index contributed by atoms with van der Waals surface area (Å²) in [6.07, 6.45) is 4.47. The summed E-state index contributed by atoms with van der Waals surface area (Å²) in [7, 11) is 0. The Balaban J connectivity index is 1.66. The standard InChI is InChI=1S/C15H22O3/c1-7-4-11-13(17-11)15(3)6-12-9(5-10(7)15)8(2)14(16)18-12/h7-13H,4-6H2,1-3H3/t7-,8+,9+,10-,11+,12+,13+,15+/m0/s1. The van der Waals surface area contributed by atoms with Crippen molar-refractivity contribution in [2.45, 2.75) is 58.3 Å². The molecule has 0 spiro atoms. The molecule has 2 saturated carbocycles. The van der Waals surface area contributed by atoms with Gasteiger partial charge in [-0.3, -0.25) is 4.79 Å². The summed E-state index contributed by atoms with van der Waals surface area (Å²) in [5.41, 5.74) is 0.244. The van der Waals surface area contributed by atoms with Gasteiger partial charge in [0, 0.05) is 11.3 Å². The second kappa shape index (κ2) is 3.30. The summed E-state index contributed by atoms with van der Waals surface area (Å²) in [5.74, 6) is 2.01. The van der Waals surface area contributed by atoms with Crippen LogP contribution < -0.4 is 0 Å². The average Bonchev–Trinajstić information content (AvgIpc) is 3.02. The summed E-state index contributed by atoms with van der Waals surface area (Å²) in [6, 6.07) is 0. The largest absolute Gasteiger partial charge is 0.462 e. The number of fused-ring (bicyclic) bond motifs is 4. The third-order valence-electron chi connectivity index (χ3n) is 6.30. The number of hydrogen-bond acceptors (Lipinski definition) is 3. The molecule has 0 aromatic carbocycles. The van der Waals surface area contributed by atoms with E-state index < -0.39 is 0 Å². The van der Waals surface area contributed by atoms with Crippen molar-refractivity contribution in [2.24, 2.45) is 29.1 Å². The van der Waals surface area contributed by atoms with Crippen molar-refractivity contribution in [3.8, 4) is 0 Å².